The lowest BCUT2D eigenvalue weighted by molar-refractivity contribution is 1.18. The van der Waals surface area contributed by atoms with E-state index in [1.807, 2.05) is 12.1 Å². The zero-order valence-electron chi connectivity index (χ0n) is 11.3. The van der Waals surface area contributed by atoms with Gasteiger partial charge < -0.3 is 10.3 Å². The van der Waals surface area contributed by atoms with Crippen LogP contribution in [0.4, 0.5) is 5.69 Å². The first kappa shape index (κ1) is 12.5. The number of anilines is 1. The minimum Gasteiger partial charge on any atom is -0.399 e. The maximum absolute atomic E-state index is 5.81. The van der Waals surface area contributed by atoms with Crippen molar-refractivity contribution in [2.24, 2.45) is 0 Å². The van der Waals surface area contributed by atoms with E-state index in [2.05, 4.69) is 75.1 Å². The Labute approximate surface area is 130 Å². The quantitative estimate of drug-likeness (QED) is 0.480. The predicted molar refractivity (Wildman–Crippen MR) is 92.9 cm³/mol. The van der Waals surface area contributed by atoms with Crippen molar-refractivity contribution < 1.29 is 0 Å². The van der Waals surface area contributed by atoms with Crippen molar-refractivity contribution in [2.45, 2.75) is 0 Å². The van der Waals surface area contributed by atoms with Gasteiger partial charge in [0, 0.05) is 26.6 Å². The predicted octanol–water partition coefficient (Wildman–Crippen LogP) is 5.13. The van der Waals surface area contributed by atoms with Crippen molar-refractivity contribution in [2.75, 3.05) is 5.73 Å². The summed E-state index contributed by atoms with van der Waals surface area (Å²) < 4.78 is 3.37. The fraction of sp³-hybridized carbons (Fsp3) is 0. The Bertz CT molecular complexity index is 952. The molecule has 102 valence electrons. The van der Waals surface area contributed by atoms with Crippen LogP contribution in [0.2, 0.25) is 0 Å². The monoisotopic (exact) mass is 336 g/mol. The summed E-state index contributed by atoms with van der Waals surface area (Å²) in [5.74, 6) is 0. The molecule has 0 aliphatic rings. The molecule has 0 saturated heterocycles. The molecule has 0 bridgehead atoms. The summed E-state index contributed by atoms with van der Waals surface area (Å²) in [6.45, 7) is 0. The average molecular weight is 337 g/mol. The third-order valence-corrected chi connectivity index (χ3v) is 4.28. The zero-order chi connectivity index (χ0) is 14.4. The Balaban J connectivity index is 2.17. The number of fused-ring (bicyclic) bond motifs is 3. The van der Waals surface area contributed by atoms with Crippen LogP contribution in [0.15, 0.2) is 71.2 Å². The number of hydrogen-bond donors (Lipinski definition) is 1. The molecule has 4 aromatic rings. The lowest BCUT2D eigenvalue weighted by Gasteiger charge is -2.08. The van der Waals surface area contributed by atoms with Gasteiger partial charge in [-0.2, -0.15) is 0 Å². The molecule has 2 N–H and O–H groups in total. The largest absolute Gasteiger partial charge is 0.399 e. The number of rotatable bonds is 1. The van der Waals surface area contributed by atoms with Gasteiger partial charge in [0.1, 0.15) is 0 Å². The number of para-hydroxylation sites is 1. The first-order valence-electron chi connectivity index (χ1n) is 6.79. The number of benzene rings is 3. The zero-order valence-corrected chi connectivity index (χ0v) is 12.8. The lowest BCUT2D eigenvalue weighted by atomic mass is 10.2. The van der Waals surface area contributed by atoms with Gasteiger partial charge in [0.05, 0.1) is 11.0 Å². The second-order valence-corrected chi connectivity index (χ2v) is 6.02. The van der Waals surface area contributed by atoms with Gasteiger partial charge >= 0.3 is 0 Å². The van der Waals surface area contributed by atoms with Gasteiger partial charge in [-0.05, 0) is 48.5 Å². The minimum atomic E-state index is 0.780. The number of nitrogens with zero attached hydrogens (tertiary/aromatic N) is 1. The van der Waals surface area contributed by atoms with Crippen molar-refractivity contribution >= 4 is 43.4 Å². The van der Waals surface area contributed by atoms with Crippen molar-refractivity contribution in [1.29, 1.82) is 0 Å². The van der Waals surface area contributed by atoms with Crippen LogP contribution in [0.3, 0.4) is 0 Å². The molecule has 0 unspecified atom stereocenters. The maximum atomic E-state index is 5.81. The Hall–Kier alpha value is -2.26. The van der Waals surface area contributed by atoms with Gasteiger partial charge in [-0.25, -0.2) is 0 Å². The summed E-state index contributed by atoms with van der Waals surface area (Å²) in [5.41, 5.74) is 10.1. The fourth-order valence-electron chi connectivity index (χ4n) is 2.85. The van der Waals surface area contributed by atoms with Gasteiger partial charge in [-0.1, -0.05) is 34.1 Å². The van der Waals surface area contributed by atoms with Gasteiger partial charge in [-0.3, -0.25) is 0 Å². The number of nitrogen functional groups attached to an aromatic ring is 1. The second-order valence-electron chi connectivity index (χ2n) is 5.11. The Morgan fingerprint density at radius 1 is 0.762 bits per heavy atom. The van der Waals surface area contributed by atoms with E-state index < -0.39 is 0 Å². The number of aromatic nitrogens is 1. The highest BCUT2D eigenvalue weighted by molar-refractivity contribution is 9.10. The first-order valence-corrected chi connectivity index (χ1v) is 7.58. The number of hydrogen-bond acceptors (Lipinski definition) is 1. The van der Waals surface area contributed by atoms with Gasteiger partial charge in [-0.15, -0.1) is 0 Å². The molecule has 0 aliphatic heterocycles. The molecule has 0 fully saturated rings. The van der Waals surface area contributed by atoms with E-state index in [-0.39, 0.29) is 0 Å². The highest BCUT2D eigenvalue weighted by Gasteiger charge is 2.11. The van der Waals surface area contributed by atoms with E-state index in [9.17, 15) is 0 Å². The molecule has 0 spiro atoms. The van der Waals surface area contributed by atoms with Crippen LogP contribution in [0.5, 0.6) is 0 Å². The molecule has 1 aromatic heterocycles. The van der Waals surface area contributed by atoms with Crippen molar-refractivity contribution in [3.05, 3.63) is 71.2 Å². The highest BCUT2D eigenvalue weighted by atomic mass is 79.9. The summed E-state index contributed by atoms with van der Waals surface area (Å²) in [7, 11) is 0. The SMILES string of the molecule is Nc1ccc(-n2c3ccccc3c3cc(Br)ccc32)cc1. The summed E-state index contributed by atoms with van der Waals surface area (Å²) in [6.07, 6.45) is 0. The molecular formula is C18H13BrN2. The van der Waals surface area contributed by atoms with Crippen LogP contribution in [0.1, 0.15) is 0 Å². The third kappa shape index (κ3) is 1.93. The maximum Gasteiger partial charge on any atom is 0.0541 e. The van der Waals surface area contributed by atoms with Crippen LogP contribution in [-0.2, 0) is 0 Å². The van der Waals surface area contributed by atoms with E-state index in [1.165, 1.54) is 21.8 Å². The van der Waals surface area contributed by atoms with Crippen molar-refractivity contribution in [1.82, 2.24) is 4.57 Å². The average Bonchev–Trinajstić information content (AvgIpc) is 2.82. The number of nitrogens with two attached hydrogens (primary N) is 1. The molecule has 3 heteroatoms. The molecular weight excluding hydrogens is 324 g/mol. The van der Waals surface area contributed by atoms with Crippen molar-refractivity contribution in [3.8, 4) is 5.69 Å². The van der Waals surface area contributed by atoms with E-state index in [1.54, 1.807) is 0 Å². The molecule has 4 rings (SSSR count). The summed E-state index contributed by atoms with van der Waals surface area (Å²) >= 11 is 3.57. The molecule has 21 heavy (non-hydrogen) atoms. The van der Waals surface area contributed by atoms with Crippen LogP contribution in [0, 0.1) is 0 Å². The molecule has 0 amide bonds. The molecule has 3 aromatic carbocycles. The third-order valence-electron chi connectivity index (χ3n) is 3.79. The lowest BCUT2D eigenvalue weighted by Crippen LogP contribution is -1.94. The normalized spacial score (nSPS) is 11.3. The van der Waals surface area contributed by atoms with Crippen molar-refractivity contribution in [3.63, 3.8) is 0 Å². The van der Waals surface area contributed by atoms with E-state index >= 15 is 0 Å². The van der Waals surface area contributed by atoms with Gasteiger partial charge in [0.2, 0.25) is 0 Å². The molecule has 0 atom stereocenters. The van der Waals surface area contributed by atoms with Crippen LogP contribution in [0.25, 0.3) is 27.5 Å². The molecule has 0 radical (unpaired) electrons. The van der Waals surface area contributed by atoms with E-state index in [0.717, 1.165) is 15.8 Å². The summed E-state index contributed by atoms with van der Waals surface area (Å²) in [5, 5.41) is 2.50. The van der Waals surface area contributed by atoms with Crippen LogP contribution in [-0.4, -0.2) is 4.57 Å². The molecule has 0 saturated carbocycles. The van der Waals surface area contributed by atoms with Gasteiger partial charge in [0.25, 0.3) is 0 Å². The topological polar surface area (TPSA) is 30.9 Å². The summed E-state index contributed by atoms with van der Waals surface area (Å²) in [6, 6.07) is 22.9. The molecule has 1 heterocycles. The number of halogens is 1. The highest BCUT2D eigenvalue weighted by Crippen LogP contribution is 2.33. The molecule has 2 nitrogen and oxygen atoms in total. The van der Waals surface area contributed by atoms with Crippen LogP contribution < -0.4 is 5.73 Å². The van der Waals surface area contributed by atoms with Gasteiger partial charge in [0.15, 0.2) is 0 Å². The smallest absolute Gasteiger partial charge is 0.0541 e. The molecule has 0 aliphatic carbocycles. The Morgan fingerprint density at radius 2 is 1.48 bits per heavy atom. The van der Waals surface area contributed by atoms with E-state index in [0.29, 0.717) is 0 Å². The standard InChI is InChI=1S/C18H13BrN2/c19-12-5-10-18-16(11-12)15-3-1-2-4-17(15)21(18)14-8-6-13(20)7-9-14/h1-11H,20H2. The Morgan fingerprint density at radius 3 is 2.29 bits per heavy atom. The first-order chi connectivity index (χ1) is 10.2. The second kappa shape index (κ2) is 4.64. The Kier molecular flexibility index (Phi) is 2.76. The van der Waals surface area contributed by atoms with E-state index in [4.69, 9.17) is 5.73 Å². The fourth-order valence-corrected chi connectivity index (χ4v) is 3.21. The minimum absolute atomic E-state index is 0.780. The summed E-state index contributed by atoms with van der Waals surface area (Å²) in [4.78, 5) is 0. The van der Waals surface area contributed by atoms with Crippen LogP contribution >= 0.6 is 15.9 Å².